The number of benzene rings is 2. The molecule has 1 aliphatic carbocycles. The van der Waals surface area contributed by atoms with Gasteiger partial charge in [0.05, 0.1) is 0 Å². The Balaban J connectivity index is 1.85. The van der Waals surface area contributed by atoms with Crippen LogP contribution in [0.4, 0.5) is 8.78 Å². The average molecular weight is 259 g/mol. The molecular formula is C16H15F2N. The van der Waals surface area contributed by atoms with Crippen molar-refractivity contribution in [3.8, 4) is 0 Å². The average Bonchev–Trinajstić information content (AvgIpc) is 2.81. The number of rotatable bonds is 2. The van der Waals surface area contributed by atoms with E-state index in [1.165, 1.54) is 23.3 Å². The minimum atomic E-state index is -0.567. The summed E-state index contributed by atoms with van der Waals surface area (Å²) in [4.78, 5) is 0. The summed E-state index contributed by atoms with van der Waals surface area (Å²) in [5.41, 5.74) is 9.14. The third-order valence-corrected chi connectivity index (χ3v) is 3.91. The molecule has 1 nitrogen and oxygen atoms in total. The second-order valence-corrected chi connectivity index (χ2v) is 5.13. The first-order valence-electron chi connectivity index (χ1n) is 6.42. The fourth-order valence-corrected chi connectivity index (χ4v) is 2.87. The molecule has 0 saturated heterocycles. The first-order chi connectivity index (χ1) is 9.15. The van der Waals surface area contributed by atoms with Crippen molar-refractivity contribution in [1.82, 2.24) is 0 Å². The Morgan fingerprint density at radius 1 is 1.00 bits per heavy atom. The molecule has 19 heavy (non-hydrogen) atoms. The lowest BCUT2D eigenvalue weighted by atomic mass is 9.91. The van der Waals surface area contributed by atoms with Gasteiger partial charge in [0.1, 0.15) is 11.6 Å². The molecule has 2 aromatic rings. The van der Waals surface area contributed by atoms with E-state index in [1.807, 2.05) is 12.1 Å². The van der Waals surface area contributed by atoms with Crippen LogP contribution in [0.25, 0.3) is 0 Å². The normalized spacial score (nSPS) is 16.4. The number of halogens is 2. The molecule has 98 valence electrons. The molecule has 0 radical (unpaired) electrons. The molecule has 0 bridgehead atoms. The second kappa shape index (κ2) is 4.74. The van der Waals surface area contributed by atoms with Crippen molar-refractivity contribution in [3.63, 3.8) is 0 Å². The monoisotopic (exact) mass is 259 g/mol. The molecule has 0 saturated carbocycles. The van der Waals surface area contributed by atoms with Crippen LogP contribution in [0.2, 0.25) is 0 Å². The van der Waals surface area contributed by atoms with Crippen molar-refractivity contribution >= 4 is 0 Å². The van der Waals surface area contributed by atoms with Crippen LogP contribution in [0.15, 0.2) is 42.5 Å². The first kappa shape index (κ1) is 12.3. The van der Waals surface area contributed by atoms with E-state index >= 15 is 0 Å². The van der Waals surface area contributed by atoms with Crippen molar-refractivity contribution in [2.75, 3.05) is 0 Å². The molecule has 1 atom stereocenters. The summed E-state index contributed by atoms with van der Waals surface area (Å²) in [6.45, 7) is 0. The van der Waals surface area contributed by atoms with Crippen molar-refractivity contribution in [2.45, 2.75) is 18.9 Å². The lowest BCUT2D eigenvalue weighted by molar-refractivity contribution is 0.434. The fraction of sp³-hybridized carbons (Fsp3) is 0.250. The highest BCUT2D eigenvalue weighted by molar-refractivity contribution is 5.34. The number of hydrogen-bond donors (Lipinski definition) is 1. The Morgan fingerprint density at radius 2 is 1.63 bits per heavy atom. The van der Waals surface area contributed by atoms with Crippen LogP contribution < -0.4 is 5.73 Å². The molecule has 0 fully saturated rings. The smallest absolute Gasteiger partial charge is 0.130 e. The summed E-state index contributed by atoms with van der Waals surface area (Å²) < 4.78 is 26.7. The molecule has 0 heterocycles. The Kier molecular flexibility index (Phi) is 3.07. The van der Waals surface area contributed by atoms with Gasteiger partial charge in [0, 0.05) is 17.7 Å². The summed E-state index contributed by atoms with van der Waals surface area (Å²) in [5.74, 6) is -0.941. The fourth-order valence-electron chi connectivity index (χ4n) is 2.87. The van der Waals surface area contributed by atoms with E-state index < -0.39 is 17.7 Å². The Labute approximate surface area is 111 Å². The zero-order valence-electron chi connectivity index (χ0n) is 10.4. The van der Waals surface area contributed by atoms with Crippen LogP contribution in [-0.2, 0) is 12.8 Å². The standard InChI is InChI=1S/C16H15F2N/c17-13-5-6-14(15(18)9-13)16(19)12-7-10-3-1-2-4-11(10)8-12/h1-6,9,12,16H,7-8,19H2. The summed E-state index contributed by atoms with van der Waals surface area (Å²) in [5, 5.41) is 0. The van der Waals surface area contributed by atoms with Gasteiger partial charge in [-0.25, -0.2) is 8.78 Å². The molecule has 0 aromatic heterocycles. The van der Waals surface area contributed by atoms with Gasteiger partial charge in [0.2, 0.25) is 0 Å². The summed E-state index contributed by atoms with van der Waals surface area (Å²) in [6.07, 6.45) is 1.71. The van der Waals surface area contributed by atoms with E-state index in [9.17, 15) is 8.78 Å². The predicted octanol–water partition coefficient (Wildman–Crippen LogP) is 3.38. The molecule has 3 rings (SSSR count). The first-order valence-corrected chi connectivity index (χ1v) is 6.42. The van der Waals surface area contributed by atoms with Gasteiger partial charge >= 0.3 is 0 Å². The summed E-state index contributed by atoms with van der Waals surface area (Å²) in [6, 6.07) is 11.4. The van der Waals surface area contributed by atoms with E-state index in [-0.39, 0.29) is 5.92 Å². The third kappa shape index (κ3) is 2.26. The van der Waals surface area contributed by atoms with Crippen molar-refractivity contribution in [1.29, 1.82) is 0 Å². The summed E-state index contributed by atoms with van der Waals surface area (Å²) >= 11 is 0. The number of hydrogen-bond acceptors (Lipinski definition) is 1. The van der Waals surface area contributed by atoms with Gasteiger partial charge in [-0.1, -0.05) is 30.3 Å². The highest BCUT2D eigenvalue weighted by Gasteiger charge is 2.28. The molecule has 0 aliphatic heterocycles. The summed E-state index contributed by atoms with van der Waals surface area (Å²) in [7, 11) is 0. The van der Waals surface area contributed by atoms with Gasteiger partial charge in [0.25, 0.3) is 0 Å². The van der Waals surface area contributed by atoms with Gasteiger partial charge in [-0.3, -0.25) is 0 Å². The third-order valence-electron chi connectivity index (χ3n) is 3.91. The van der Waals surface area contributed by atoms with E-state index in [0.29, 0.717) is 5.56 Å². The molecule has 0 spiro atoms. The lowest BCUT2D eigenvalue weighted by Gasteiger charge is -2.19. The van der Waals surface area contributed by atoms with Gasteiger partial charge in [-0.15, -0.1) is 0 Å². The van der Waals surface area contributed by atoms with Crippen LogP contribution in [0.1, 0.15) is 22.7 Å². The zero-order valence-corrected chi connectivity index (χ0v) is 10.4. The van der Waals surface area contributed by atoms with Crippen molar-refractivity contribution in [2.24, 2.45) is 11.7 Å². The van der Waals surface area contributed by atoms with E-state index in [2.05, 4.69) is 12.1 Å². The minimum absolute atomic E-state index is 0.178. The maximum absolute atomic E-state index is 13.8. The maximum atomic E-state index is 13.8. The van der Waals surface area contributed by atoms with Crippen molar-refractivity contribution in [3.05, 3.63) is 70.8 Å². The SMILES string of the molecule is NC(c1ccc(F)cc1F)C1Cc2ccccc2C1. The Bertz CT molecular complexity index is 584. The molecule has 3 heteroatoms. The van der Waals surface area contributed by atoms with Gasteiger partial charge in [-0.2, -0.15) is 0 Å². The Morgan fingerprint density at radius 3 is 2.21 bits per heavy atom. The highest BCUT2D eigenvalue weighted by atomic mass is 19.1. The van der Waals surface area contributed by atoms with E-state index in [0.717, 1.165) is 18.9 Å². The van der Waals surface area contributed by atoms with Gasteiger partial charge < -0.3 is 5.73 Å². The lowest BCUT2D eigenvalue weighted by Crippen LogP contribution is -2.23. The van der Waals surface area contributed by atoms with Crippen LogP contribution in [0, 0.1) is 17.6 Å². The van der Waals surface area contributed by atoms with Crippen LogP contribution in [0.5, 0.6) is 0 Å². The quantitative estimate of drug-likeness (QED) is 0.879. The Hall–Kier alpha value is -1.74. The largest absolute Gasteiger partial charge is 0.324 e. The molecule has 1 unspecified atom stereocenters. The molecule has 0 amide bonds. The molecule has 1 aliphatic rings. The van der Waals surface area contributed by atoms with Crippen LogP contribution in [0.3, 0.4) is 0 Å². The van der Waals surface area contributed by atoms with Crippen LogP contribution >= 0.6 is 0 Å². The van der Waals surface area contributed by atoms with Crippen molar-refractivity contribution < 1.29 is 8.78 Å². The van der Waals surface area contributed by atoms with Gasteiger partial charge in [0.15, 0.2) is 0 Å². The molecular weight excluding hydrogens is 244 g/mol. The molecule has 2 aromatic carbocycles. The van der Waals surface area contributed by atoms with Gasteiger partial charge in [-0.05, 0) is 36.0 Å². The predicted molar refractivity (Wildman–Crippen MR) is 70.6 cm³/mol. The molecule has 2 N–H and O–H groups in total. The highest BCUT2D eigenvalue weighted by Crippen LogP contribution is 2.34. The maximum Gasteiger partial charge on any atom is 0.130 e. The van der Waals surface area contributed by atoms with E-state index in [4.69, 9.17) is 5.73 Å². The van der Waals surface area contributed by atoms with E-state index in [1.54, 1.807) is 0 Å². The number of fused-ring (bicyclic) bond motifs is 1. The topological polar surface area (TPSA) is 26.0 Å². The minimum Gasteiger partial charge on any atom is -0.324 e. The van der Waals surface area contributed by atoms with Crippen LogP contribution in [-0.4, -0.2) is 0 Å². The zero-order chi connectivity index (χ0) is 13.4. The number of nitrogens with two attached hydrogens (primary N) is 1. The second-order valence-electron chi connectivity index (χ2n) is 5.13.